The van der Waals surface area contributed by atoms with Gasteiger partial charge < -0.3 is 15.5 Å². The lowest BCUT2D eigenvalue weighted by Crippen LogP contribution is -2.71. The molecular formula is C19H24N2O2. The topological polar surface area (TPSA) is 55.7 Å². The van der Waals surface area contributed by atoms with Gasteiger partial charge in [0.2, 0.25) is 0 Å². The lowest BCUT2D eigenvalue weighted by molar-refractivity contribution is -0.210. The monoisotopic (exact) mass is 312 g/mol. The van der Waals surface area contributed by atoms with Gasteiger partial charge in [0.15, 0.2) is 0 Å². The van der Waals surface area contributed by atoms with E-state index in [9.17, 15) is 10.2 Å². The van der Waals surface area contributed by atoms with Gasteiger partial charge in [-0.25, -0.2) is 0 Å². The Morgan fingerprint density at radius 2 is 2.09 bits per heavy atom. The molecule has 4 saturated heterocycles. The van der Waals surface area contributed by atoms with E-state index < -0.39 is 0 Å². The largest absolute Gasteiger partial charge is 0.392 e. The maximum absolute atomic E-state index is 11.5. The summed E-state index contributed by atoms with van der Waals surface area (Å²) in [5.74, 6) is 1.13. The number of fused-ring (bicyclic) bond motifs is 2. The van der Waals surface area contributed by atoms with Gasteiger partial charge in [-0.15, -0.1) is 0 Å². The van der Waals surface area contributed by atoms with E-state index in [0.29, 0.717) is 29.8 Å². The first-order valence-electron chi connectivity index (χ1n) is 9.18. The number of nitrogens with one attached hydrogen (secondary N) is 1. The second-order valence-electron chi connectivity index (χ2n) is 8.40. The van der Waals surface area contributed by atoms with E-state index in [2.05, 4.69) is 41.4 Å². The Bertz CT molecular complexity index is 694. The maximum Gasteiger partial charge on any atom is 0.111 e. The molecule has 122 valence electrons. The van der Waals surface area contributed by atoms with Gasteiger partial charge in [0, 0.05) is 35.0 Å². The van der Waals surface area contributed by atoms with Gasteiger partial charge in [-0.2, -0.15) is 0 Å². The molecule has 1 aliphatic carbocycles. The lowest BCUT2D eigenvalue weighted by atomic mass is 9.63. The fourth-order valence-corrected chi connectivity index (χ4v) is 7.40. The van der Waals surface area contributed by atoms with Crippen molar-refractivity contribution in [3.05, 3.63) is 29.8 Å². The van der Waals surface area contributed by atoms with Crippen LogP contribution in [0.15, 0.2) is 24.3 Å². The molecule has 5 fully saturated rings. The molecule has 5 heterocycles. The van der Waals surface area contributed by atoms with Crippen LogP contribution in [0, 0.1) is 17.8 Å². The molecule has 6 aliphatic rings. The van der Waals surface area contributed by atoms with Crippen molar-refractivity contribution in [3.63, 3.8) is 0 Å². The first-order valence-corrected chi connectivity index (χ1v) is 9.18. The van der Waals surface area contributed by atoms with E-state index in [1.54, 1.807) is 0 Å². The molecule has 5 aliphatic heterocycles. The number of aliphatic hydroxyl groups excluding tert-OH is 2. The van der Waals surface area contributed by atoms with Crippen LogP contribution < -0.4 is 5.32 Å². The molecule has 3 unspecified atom stereocenters. The van der Waals surface area contributed by atoms with Gasteiger partial charge in [-0.05, 0) is 36.8 Å². The summed E-state index contributed by atoms with van der Waals surface area (Å²) in [7, 11) is 0. The summed E-state index contributed by atoms with van der Waals surface area (Å²) >= 11 is 0. The van der Waals surface area contributed by atoms with Gasteiger partial charge in [-0.3, -0.25) is 4.90 Å². The first-order chi connectivity index (χ1) is 11.2. The molecule has 0 aromatic heterocycles. The molecule has 0 amide bonds. The molecule has 7 rings (SSSR count). The molecule has 1 spiro atoms. The molecule has 1 saturated carbocycles. The maximum atomic E-state index is 11.5. The normalized spacial score (nSPS) is 57.3. The summed E-state index contributed by atoms with van der Waals surface area (Å²) in [4.78, 5) is 2.39. The van der Waals surface area contributed by atoms with Gasteiger partial charge in [0.05, 0.1) is 12.1 Å². The molecular weight excluding hydrogens is 288 g/mol. The Balaban J connectivity index is 1.57. The van der Waals surface area contributed by atoms with E-state index in [1.807, 2.05) is 0 Å². The van der Waals surface area contributed by atoms with Crippen molar-refractivity contribution >= 4 is 5.69 Å². The van der Waals surface area contributed by atoms with Crippen molar-refractivity contribution in [2.75, 3.05) is 5.32 Å². The summed E-state index contributed by atoms with van der Waals surface area (Å²) in [6, 6.07) is 9.50. The zero-order chi connectivity index (χ0) is 15.5. The predicted molar refractivity (Wildman–Crippen MR) is 87.0 cm³/mol. The molecule has 1 aromatic carbocycles. The zero-order valence-electron chi connectivity index (χ0n) is 13.4. The standard InChI is InChI=1S/C19H24N2O2/c1-2-9-10-7-13-16-19(11-5-3-4-6-12(11)20-16)8-14(15(10)17(19)22)21(13)18(9)23/h3-6,9-10,13-18,20,22-23H,2,7-8H2,1H3/t9-,10+,13-,14-,15?,16-,17+,18+,19?/m0/s1. The molecule has 1 aromatic rings. The molecule has 4 nitrogen and oxygen atoms in total. The van der Waals surface area contributed by atoms with Gasteiger partial charge in [0.25, 0.3) is 0 Å². The molecule has 23 heavy (non-hydrogen) atoms. The highest BCUT2D eigenvalue weighted by Gasteiger charge is 2.75. The molecule has 3 N–H and O–H groups in total. The number of hydrogen-bond donors (Lipinski definition) is 3. The van der Waals surface area contributed by atoms with Crippen molar-refractivity contribution in [3.8, 4) is 0 Å². The van der Waals surface area contributed by atoms with Crippen molar-refractivity contribution in [1.82, 2.24) is 4.90 Å². The van der Waals surface area contributed by atoms with Crippen LogP contribution in [0.3, 0.4) is 0 Å². The lowest BCUT2D eigenvalue weighted by Gasteiger charge is -2.61. The van der Waals surface area contributed by atoms with Crippen molar-refractivity contribution in [1.29, 1.82) is 0 Å². The van der Waals surface area contributed by atoms with E-state index in [4.69, 9.17) is 0 Å². The summed E-state index contributed by atoms with van der Waals surface area (Å²) < 4.78 is 0. The third kappa shape index (κ3) is 1.20. The van der Waals surface area contributed by atoms with E-state index >= 15 is 0 Å². The highest BCUT2D eigenvalue weighted by molar-refractivity contribution is 5.65. The Morgan fingerprint density at radius 1 is 1.26 bits per heavy atom. The van der Waals surface area contributed by atoms with Gasteiger partial charge >= 0.3 is 0 Å². The minimum absolute atomic E-state index is 0.135. The highest BCUT2D eigenvalue weighted by atomic mass is 16.3. The number of para-hydroxylation sites is 1. The van der Waals surface area contributed by atoms with Crippen molar-refractivity contribution in [2.24, 2.45) is 17.8 Å². The summed E-state index contributed by atoms with van der Waals surface area (Å²) in [6.07, 6.45) is 2.52. The average molecular weight is 312 g/mol. The van der Waals surface area contributed by atoms with Crippen LogP contribution in [0.5, 0.6) is 0 Å². The molecule has 0 radical (unpaired) electrons. The minimum Gasteiger partial charge on any atom is -0.392 e. The van der Waals surface area contributed by atoms with E-state index in [0.717, 1.165) is 19.3 Å². The Hall–Kier alpha value is -1.10. The Labute approximate surface area is 136 Å². The van der Waals surface area contributed by atoms with Crippen molar-refractivity contribution in [2.45, 2.75) is 62.1 Å². The predicted octanol–water partition coefficient (Wildman–Crippen LogP) is 1.53. The second kappa shape index (κ2) is 3.93. The van der Waals surface area contributed by atoms with Crippen LogP contribution in [-0.4, -0.2) is 45.6 Å². The molecule has 10 atom stereocenters. The number of hydrogen-bond acceptors (Lipinski definition) is 4. The van der Waals surface area contributed by atoms with Gasteiger partial charge in [0.1, 0.15) is 6.23 Å². The second-order valence-corrected chi connectivity index (χ2v) is 8.40. The van der Waals surface area contributed by atoms with Crippen LogP contribution in [0.25, 0.3) is 0 Å². The number of nitrogens with zero attached hydrogens (tertiary/aromatic N) is 1. The minimum atomic E-state index is -0.321. The molecule has 4 heteroatoms. The highest BCUT2D eigenvalue weighted by Crippen LogP contribution is 2.67. The number of aliphatic hydroxyl groups is 2. The Kier molecular flexibility index (Phi) is 2.26. The van der Waals surface area contributed by atoms with Crippen LogP contribution in [0.4, 0.5) is 5.69 Å². The fourth-order valence-electron chi connectivity index (χ4n) is 7.40. The van der Waals surface area contributed by atoms with Gasteiger partial charge in [-0.1, -0.05) is 25.1 Å². The van der Waals surface area contributed by atoms with Crippen LogP contribution in [0.2, 0.25) is 0 Å². The summed E-state index contributed by atoms with van der Waals surface area (Å²) in [5.41, 5.74) is 2.38. The van der Waals surface area contributed by atoms with Crippen LogP contribution >= 0.6 is 0 Å². The zero-order valence-corrected chi connectivity index (χ0v) is 13.4. The first kappa shape index (κ1) is 13.2. The third-order valence-electron chi connectivity index (χ3n) is 8.05. The Morgan fingerprint density at radius 3 is 2.91 bits per heavy atom. The summed E-state index contributed by atoms with van der Waals surface area (Å²) in [6.45, 7) is 2.18. The SMILES string of the molecule is CC[C@@H]1[C@@H](O)N2[C@H]3CC45c6ccccc6N[C@H]4[C@@H]2C[C@H]1C3[C@H]5O. The van der Waals surface area contributed by atoms with Crippen LogP contribution in [-0.2, 0) is 5.41 Å². The summed E-state index contributed by atoms with van der Waals surface area (Å²) in [5, 5.41) is 26.1. The average Bonchev–Trinajstić information content (AvgIpc) is 3.02. The smallest absolute Gasteiger partial charge is 0.111 e. The quantitative estimate of drug-likeness (QED) is 0.736. The third-order valence-corrected chi connectivity index (χ3v) is 8.05. The van der Waals surface area contributed by atoms with Crippen LogP contribution in [0.1, 0.15) is 31.7 Å². The fraction of sp³-hybridized carbons (Fsp3) is 0.684. The number of piperidine rings is 4. The number of rotatable bonds is 1. The number of anilines is 1. The van der Waals surface area contributed by atoms with E-state index in [1.165, 1.54) is 11.3 Å². The van der Waals surface area contributed by atoms with Crippen molar-refractivity contribution < 1.29 is 10.2 Å². The van der Waals surface area contributed by atoms with E-state index in [-0.39, 0.29) is 23.8 Å². The number of benzene rings is 1. The molecule has 5 bridgehead atoms.